The van der Waals surface area contributed by atoms with Gasteiger partial charge in [0.2, 0.25) is 5.95 Å². The standard InChI is InChI=1S/C19H17FN8/c20-15-3-1-13(2-4-15)9-24-19-26-16(25-17-10-22-5-6-23-17)7-18(27-19)28-11-14(8-21)12-28/h1-7,10,14H,9,11-12H2,(H2,23,24,25,26,27). The Morgan fingerprint density at radius 2 is 1.96 bits per heavy atom. The summed E-state index contributed by atoms with van der Waals surface area (Å²) in [6.45, 7) is 1.72. The van der Waals surface area contributed by atoms with Crippen molar-refractivity contribution in [1.82, 2.24) is 19.9 Å². The normalized spacial score (nSPS) is 13.5. The van der Waals surface area contributed by atoms with Gasteiger partial charge >= 0.3 is 0 Å². The van der Waals surface area contributed by atoms with E-state index >= 15 is 0 Å². The van der Waals surface area contributed by atoms with Crippen LogP contribution in [0.1, 0.15) is 5.56 Å². The van der Waals surface area contributed by atoms with Crippen molar-refractivity contribution >= 4 is 23.4 Å². The molecule has 2 N–H and O–H groups in total. The van der Waals surface area contributed by atoms with Gasteiger partial charge in [-0.1, -0.05) is 12.1 Å². The fourth-order valence-corrected chi connectivity index (χ4v) is 2.77. The lowest BCUT2D eigenvalue weighted by Crippen LogP contribution is -2.46. The molecule has 3 aromatic rings. The molecule has 0 saturated carbocycles. The SMILES string of the molecule is N#CC1CN(c2cc(Nc3cnccn3)nc(NCc3ccc(F)cc3)n2)C1. The van der Waals surface area contributed by atoms with E-state index in [0.717, 1.165) is 11.4 Å². The number of benzene rings is 1. The molecule has 9 heteroatoms. The molecular weight excluding hydrogens is 359 g/mol. The first-order valence-electron chi connectivity index (χ1n) is 8.74. The van der Waals surface area contributed by atoms with Crippen molar-refractivity contribution in [2.45, 2.75) is 6.54 Å². The van der Waals surface area contributed by atoms with Crippen LogP contribution in [0.15, 0.2) is 48.9 Å². The van der Waals surface area contributed by atoms with E-state index < -0.39 is 0 Å². The van der Waals surface area contributed by atoms with E-state index in [1.165, 1.54) is 12.1 Å². The Labute approximate surface area is 161 Å². The second-order valence-corrected chi connectivity index (χ2v) is 6.36. The minimum absolute atomic E-state index is 0.0157. The van der Waals surface area contributed by atoms with Gasteiger partial charge in [-0.3, -0.25) is 4.98 Å². The molecular formula is C19H17FN8. The zero-order valence-corrected chi connectivity index (χ0v) is 14.9. The fraction of sp³-hybridized carbons (Fsp3) is 0.211. The number of rotatable bonds is 6. The number of anilines is 4. The molecule has 4 rings (SSSR count). The Bertz CT molecular complexity index is 981. The largest absolute Gasteiger partial charge is 0.354 e. The minimum Gasteiger partial charge on any atom is -0.354 e. The van der Waals surface area contributed by atoms with E-state index in [9.17, 15) is 4.39 Å². The molecule has 1 aromatic carbocycles. The molecule has 0 aliphatic carbocycles. The molecule has 1 aliphatic rings. The average Bonchev–Trinajstić information content (AvgIpc) is 2.67. The molecule has 1 fully saturated rings. The maximum atomic E-state index is 13.1. The number of aromatic nitrogens is 4. The monoisotopic (exact) mass is 376 g/mol. The second kappa shape index (κ2) is 7.84. The quantitative estimate of drug-likeness (QED) is 0.677. The summed E-state index contributed by atoms with van der Waals surface area (Å²) in [4.78, 5) is 19.3. The predicted molar refractivity (Wildman–Crippen MR) is 102 cm³/mol. The first-order chi connectivity index (χ1) is 13.7. The van der Waals surface area contributed by atoms with Gasteiger partial charge < -0.3 is 15.5 Å². The molecule has 140 valence electrons. The van der Waals surface area contributed by atoms with Crippen LogP contribution < -0.4 is 15.5 Å². The van der Waals surface area contributed by atoms with Crippen LogP contribution in [-0.2, 0) is 6.54 Å². The van der Waals surface area contributed by atoms with E-state index in [0.29, 0.717) is 37.2 Å². The third kappa shape index (κ3) is 4.12. The van der Waals surface area contributed by atoms with E-state index in [1.54, 1.807) is 30.7 Å². The maximum Gasteiger partial charge on any atom is 0.226 e. The Kier molecular flexibility index (Phi) is 4.93. The highest BCUT2D eigenvalue weighted by molar-refractivity contribution is 5.60. The van der Waals surface area contributed by atoms with Gasteiger partial charge in [0.1, 0.15) is 23.3 Å². The van der Waals surface area contributed by atoms with Crippen LogP contribution in [0.5, 0.6) is 0 Å². The summed E-state index contributed by atoms with van der Waals surface area (Å²) in [5.74, 6) is 2.01. The third-order valence-corrected chi connectivity index (χ3v) is 4.28. The van der Waals surface area contributed by atoms with Crippen molar-refractivity contribution in [3.05, 3.63) is 60.3 Å². The van der Waals surface area contributed by atoms with Gasteiger partial charge in [-0.15, -0.1) is 0 Å². The predicted octanol–water partition coefficient (Wildman–Crippen LogP) is 2.72. The van der Waals surface area contributed by atoms with Gasteiger partial charge in [0, 0.05) is 38.1 Å². The molecule has 2 aromatic heterocycles. The van der Waals surface area contributed by atoms with E-state index in [-0.39, 0.29) is 11.7 Å². The van der Waals surface area contributed by atoms with Crippen LogP contribution in [0.4, 0.5) is 27.8 Å². The van der Waals surface area contributed by atoms with E-state index in [2.05, 4.69) is 36.6 Å². The van der Waals surface area contributed by atoms with Gasteiger partial charge in [0.15, 0.2) is 0 Å². The summed E-state index contributed by atoms with van der Waals surface area (Å²) >= 11 is 0. The minimum atomic E-state index is -0.276. The molecule has 0 spiro atoms. The van der Waals surface area contributed by atoms with Gasteiger partial charge in [-0.05, 0) is 17.7 Å². The van der Waals surface area contributed by atoms with Crippen LogP contribution in [0.3, 0.4) is 0 Å². The smallest absolute Gasteiger partial charge is 0.226 e. The number of nitrogens with one attached hydrogen (secondary N) is 2. The second-order valence-electron chi connectivity index (χ2n) is 6.36. The zero-order chi connectivity index (χ0) is 19.3. The van der Waals surface area contributed by atoms with Crippen molar-refractivity contribution in [1.29, 1.82) is 5.26 Å². The maximum absolute atomic E-state index is 13.1. The first-order valence-corrected chi connectivity index (χ1v) is 8.74. The summed E-state index contributed by atoms with van der Waals surface area (Å²) in [5.41, 5.74) is 0.910. The van der Waals surface area contributed by atoms with Crippen LogP contribution in [0.2, 0.25) is 0 Å². The summed E-state index contributed by atoms with van der Waals surface area (Å²) in [7, 11) is 0. The van der Waals surface area contributed by atoms with Gasteiger partial charge in [-0.25, -0.2) is 9.37 Å². The molecule has 0 atom stereocenters. The molecule has 3 heterocycles. The van der Waals surface area contributed by atoms with Crippen LogP contribution >= 0.6 is 0 Å². The van der Waals surface area contributed by atoms with Gasteiger partial charge in [0.25, 0.3) is 0 Å². The number of nitriles is 1. The molecule has 0 amide bonds. The van der Waals surface area contributed by atoms with Crippen molar-refractivity contribution in [3.63, 3.8) is 0 Å². The average molecular weight is 376 g/mol. The van der Waals surface area contributed by atoms with Crippen molar-refractivity contribution in [2.75, 3.05) is 28.6 Å². The fourth-order valence-electron chi connectivity index (χ4n) is 2.77. The summed E-state index contributed by atoms with van der Waals surface area (Å²) < 4.78 is 13.1. The molecule has 1 saturated heterocycles. The van der Waals surface area contributed by atoms with Gasteiger partial charge in [-0.2, -0.15) is 15.2 Å². The first kappa shape index (κ1) is 17.6. The highest BCUT2D eigenvalue weighted by Crippen LogP contribution is 2.26. The molecule has 8 nitrogen and oxygen atoms in total. The Balaban J connectivity index is 1.54. The van der Waals surface area contributed by atoms with Crippen molar-refractivity contribution in [3.8, 4) is 6.07 Å². The van der Waals surface area contributed by atoms with Crippen molar-refractivity contribution < 1.29 is 4.39 Å². The lowest BCUT2D eigenvalue weighted by atomic mass is 10.0. The summed E-state index contributed by atoms with van der Waals surface area (Å²) in [6.07, 6.45) is 4.78. The summed E-state index contributed by atoms with van der Waals surface area (Å²) in [5, 5.41) is 15.3. The van der Waals surface area contributed by atoms with Crippen LogP contribution in [0, 0.1) is 23.1 Å². The highest BCUT2D eigenvalue weighted by Gasteiger charge is 2.28. The molecule has 0 unspecified atom stereocenters. The van der Waals surface area contributed by atoms with Gasteiger partial charge in [0.05, 0.1) is 18.2 Å². The number of hydrogen-bond donors (Lipinski definition) is 2. The Morgan fingerprint density at radius 3 is 2.68 bits per heavy atom. The Hall–Kier alpha value is -3.80. The number of halogens is 1. The number of hydrogen-bond acceptors (Lipinski definition) is 8. The van der Waals surface area contributed by atoms with E-state index in [4.69, 9.17) is 5.26 Å². The lowest BCUT2D eigenvalue weighted by molar-refractivity contribution is 0.499. The van der Waals surface area contributed by atoms with Crippen molar-refractivity contribution in [2.24, 2.45) is 5.92 Å². The van der Waals surface area contributed by atoms with E-state index in [1.807, 2.05) is 11.0 Å². The zero-order valence-electron chi connectivity index (χ0n) is 14.9. The van der Waals surface area contributed by atoms with Crippen LogP contribution in [-0.4, -0.2) is 33.0 Å². The van der Waals surface area contributed by atoms with Crippen LogP contribution in [0.25, 0.3) is 0 Å². The highest BCUT2D eigenvalue weighted by atomic mass is 19.1. The summed E-state index contributed by atoms with van der Waals surface area (Å²) in [6, 6.07) is 10.3. The molecule has 0 radical (unpaired) electrons. The lowest BCUT2D eigenvalue weighted by Gasteiger charge is -2.36. The molecule has 28 heavy (non-hydrogen) atoms. The number of nitrogens with zero attached hydrogens (tertiary/aromatic N) is 6. The molecule has 1 aliphatic heterocycles. The molecule has 0 bridgehead atoms. The Morgan fingerprint density at radius 1 is 1.14 bits per heavy atom. The third-order valence-electron chi connectivity index (χ3n) is 4.28. The topological polar surface area (TPSA) is 103 Å².